The molecule has 0 saturated carbocycles. The summed E-state index contributed by atoms with van der Waals surface area (Å²) in [7, 11) is 0. The molecule has 2 heterocycles. The van der Waals surface area contributed by atoms with E-state index >= 15 is 0 Å². The quantitative estimate of drug-likeness (QED) is 0.470. The Morgan fingerprint density at radius 2 is 1.10 bits per heavy atom. The highest BCUT2D eigenvalue weighted by Gasteiger charge is 2.36. The number of rotatable bonds is 4. The predicted molar refractivity (Wildman–Crippen MR) is 133 cm³/mol. The zero-order valence-corrected chi connectivity index (χ0v) is 18.3. The highest BCUT2D eigenvalue weighted by atomic mass is 15.4. The molecule has 0 aliphatic carbocycles. The van der Waals surface area contributed by atoms with Crippen molar-refractivity contribution in [3.8, 4) is 0 Å². The largest absolute Gasteiger partial charge is 0.350 e. The Morgan fingerprint density at radius 3 is 1.55 bits per heavy atom. The Morgan fingerprint density at radius 1 is 0.677 bits per heavy atom. The number of para-hydroxylation sites is 4. The van der Waals surface area contributed by atoms with E-state index in [4.69, 9.17) is 9.60 Å². The van der Waals surface area contributed by atoms with Gasteiger partial charge in [0, 0.05) is 34.0 Å². The molecule has 0 saturated heterocycles. The molecular weight excluding hydrogens is 380 g/mol. The lowest BCUT2D eigenvalue weighted by Gasteiger charge is -2.34. The highest BCUT2D eigenvalue weighted by molar-refractivity contribution is 5.89. The van der Waals surface area contributed by atoms with E-state index in [-0.39, 0.29) is 6.17 Å². The van der Waals surface area contributed by atoms with E-state index in [1.54, 1.807) is 24.0 Å². The Kier molecular flexibility index (Phi) is 3.23. The molecule has 4 nitrogen and oxygen atoms in total. The Bertz CT molecular complexity index is 1370. The molecule has 0 radical (unpaired) electrons. The predicted octanol–water partition coefficient (Wildman–Crippen LogP) is 6.64. The molecule has 31 heavy (non-hydrogen) atoms. The molecule has 2 aliphatic heterocycles. The fraction of sp³-hybridized carbons (Fsp3) is 0.333. The van der Waals surface area contributed by atoms with Crippen molar-refractivity contribution in [2.75, 3.05) is 32.6 Å². The molecule has 0 N–H and O–H groups in total. The second-order valence-electron chi connectivity index (χ2n) is 7.98. The van der Waals surface area contributed by atoms with Crippen LogP contribution in [0.15, 0.2) is 66.7 Å². The minimum atomic E-state index is -2.85. The van der Waals surface area contributed by atoms with Gasteiger partial charge in [-0.15, -0.1) is 0 Å². The van der Waals surface area contributed by atoms with Gasteiger partial charge in [0.05, 0.1) is 22.7 Å². The van der Waals surface area contributed by atoms with Crippen molar-refractivity contribution in [2.24, 2.45) is 0 Å². The third-order valence-electron chi connectivity index (χ3n) is 6.45. The van der Waals surface area contributed by atoms with E-state index in [2.05, 4.69) is 4.90 Å². The zero-order chi connectivity index (χ0) is 27.8. The van der Waals surface area contributed by atoms with Crippen LogP contribution in [0.1, 0.15) is 42.8 Å². The van der Waals surface area contributed by atoms with Gasteiger partial charge in [-0.2, -0.15) is 0 Å². The first kappa shape index (κ1) is 13.3. The van der Waals surface area contributed by atoms with E-state index in [1.807, 2.05) is 80.3 Å². The summed E-state index contributed by atoms with van der Waals surface area (Å²) in [5.74, 6) is 0. The molecule has 0 amide bonds. The van der Waals surface area contributed by atoms with Crippen LogP contribution < -0.4 is 19.6 Å². The third-order valence-corrected chi connectivity index (χ3v) is 6.45. The van der Waals surface area contributed by atoms with E-state index in [1.165, 1.54) is 4.90 Å². The summed E-state index contributed by atoms with van der Waals surface area (Å²) < 4.78 is 57.8. The molecular formula is C27H32N4. The lowest BCUT2D eigenvalue weighted by Crippen LogP contribution is -2.39. The SMILES string of the molecule is [2H]C([2H])(C)N1c2ccccc2N(c2cccc(N3c4ccccc4N(C([2H])([2H])C([2H])([2H])[2H])[C@H]3C)c2C)[C@H]1C. The van der Waals surface area contributed by atoms with Gasteiger partial charge in [-0.1, -0.05) is 30.3 Å². The fourth-order valence-electron chi connectivity index (χ4n) is 5.04. The van der Waals surface area contributed by atoms with Crippen LogP contribution in [0.4, 0.5) is 34.1 Å². The maximum absolute atomic E-state index is 8.56. The van der Waals surface area contributed by atoms with E-state index in [9.17, 15) is 0 Å². The van der Waals surface area contributed by atoms with Gasteiger partial charge in [-0.25, -0.2) is 0 Å². The normalized spacial score (nSPS) is 24.5. The number of benzene rings is 3. The summed E-state index contributed by atoms with van der Waals surface area (Å²) in [5, 5.41) is 0. The summed E-state index contributed by atoms with van der Waals surface area (Å²) in [6.45, 7) is 0.338. The molecule has 160 valence electrons. The number of hydrogen-bond acceptors (Lipinski definition) is 4. The fourth-order valence-corrected chi connectivity index (χ4v) is 5.04. The first-order chi connectivity index (χ1) is 17.7. The van der Waals surface area contributed by atoms with Gasteiger partial charge >= 0.3 is 0 Å². The van der Waals surface area contributed by atoms with Gasteiger partial charge < -0.3 is 19.6 Å². The summed E-state index contributed by atoms with van der Waals surface area (Å²) in [4.78, 5) is 7.24. The smallest absolute Gasteiger partial charge is 0.104 e. The minimum absolute atomic E-state index is 0.300. The molecule has 0 bridgehead atoms. The lowest BCUT2D eigenvalue weighted by molar-refractivity contribution is 0.685. The highest BCUT2D eigenvalue weighted by Crippen LogP contribution is 2.49. The van der Waals surface area contributed by atoms with Crippen LogP contribution in [0.3, 0.4) is 0 Å². The molecule has 5 rings (SSSR count). The molecule has 3 aromatic rings. The van der Waals surface area contributed by atoms with Crippen molar-refractivity contribution >= 4 is 34.1 Å². The molecule has 0 unspecified atom stereocenters. The summed E-state index contributed by atoms with van der Waals surface area (Å²) in [6, 6.07) is 21.0. The Labute approximate surface area is 196 Å². The second kappa shape index (κ2) is 7.52. The number of anilines is 6. The van der Waals surface area contributed by atoms with Crippen molar-refractivity contribution in [1.29, 1.82) is 0 Å². The third kappa shape index (κ3) is 2.81. The zero-order valence-electron chi connectivity index (χ0n) is 25.3. The molecule has 2 aliphatic rings. The number of fused-ring (bicyclic) bond motifs is 2. The average Bonchev–Trinajstić information content (AvgIpc) is 3.29. The van der Waals surface area contributed by atoms with Crippen LogP contribution in [0.5, 0.6) is 0 Å². The van der Waals surface area contributed by atoms with Gasteiger partial charge in [0.15, 0.2) is 0 Å². The van der Waals surface area contributed by atoms with Gasteiger partial charge in [0.25, 0.3) is 0 Å². The minimum Gasteiger partial charge on any atom is -0.350 e. The monoisotopic (exact) mass is 419 g/mol. The number of hydrogen-bond donors (Lipinski definition) is 0. The average molecular weight is 420 g/mol. The maximum Gasteiger partial charge on any atom is 0.104 e. The first-order valence-electron chi connectivity index (χ1n) is 14.1. The van der Waals surface area contributed by atoms with E-state index in [0.29, 0.717) is 5.69 Å². The van der Waals surface area contributed by atoms with Crippen molar-refractivity contribution in [3.05, 3.63) is 72.3 Å². The van der Waals surface area contributed by atoms with Crippen LogP contribution >= 0.6 is 0 Å². The van der Waals surface area contributed by atoms with Gasteiger partial charge in [0.2, 0.25) is 0 Å². The molecule has 0 fully saturated rings. The standard InChI is InChI=1S/C27H32N4/c1-6-28-20(4)30(26-15-10-8-13-24(26)28)22-17-12-18-23(19(22)3)31-21(5)29(7-2)25-14-9-11-16-27(25)31/h8-18,20-21H,6-7H2,1-5H3/t20-,21+/i1D3,6D2,7D2/m1/s1. The van der Waals surface area contributed by atoms with Gasteiger partial charge in [0.1, 0.15) is 12.3 Å². The molecule has 0 spiro atoms. The molecule has 4 heteroatoms. The van der Waals surface area contributed by atoms with Crippen molar-refractivity contribution < 1.29 is 9.60 Å². The number of nitrogens with zero attached hydrogens (tertiary/aromatic N) is 4. The first-order valence-corrected chi connectivity index (χ1v) is 10.6. The maximum atomic E-state index is 8.56. The van der Waals surface area contributed by atoms with Crippen molar-refractivity contribution in [1.82, 2.24) is 0 Å². The lowest BCUT2D eigenvalue weighted by atomic mass is 10.1. The van der Waals surface area contributed by atoms with Crippen LogP contribution in [0, 0.1) is 6.92 Å². The Balaban J connectivity index is 1.64. The molecule has 3 aromatic carbocycles. The van der Waals surface area contributed by atoms with Crippen LogP contribution in [0.2, 0.25) is 0 Å². The Hall–Kier alpha value is -3.14. The summed E-state index contributed by atoms with van der Waals surface area (Å²) in [5.41, 5.74) is 5.62. The van der Waals surface area contributed by atoms with Crippen molar-refractivity contribution in [3.63, 3.8) is 0 Å². The molecule has 0 aromatic heterocycles. The van der Waals surface area contributed by atoms with Crippen LogP contribution in [0.25, 0.3) is 0 Å². The summed E-state index contributed by atoms with van der Waals surface area (Å²) in [6.07, 6.45) is -0.910. The molecule has 2 atom stereocenters. The van der Waals surface area contributed by atoms with E-state index in [0.717, 1.165) is 34.0 Å². The van der Waals surface area contributed by atoms with Crippen LogP contribution in [-0.4, -0.2) is 25.3 Å². The van der Waals surface area contributed by atoms with Crippen LogP contribution in [-0.2, 0) is 0 Å². The topological polar surface area (TPSA) is 13.0 Å². The second-order valence-corrected chi connectivity index (χ2v) is 7.98. The van der Waals surface area contributed by atoms with Gasteiger partial charge in [-0.3, -0.25) is 0 Å². The van der Waals surface area contributed by atoms with E-state index < -0.39 is 26.0 Å². The summed E-state index contributed by atoms with van der Waals surface area (Å²) >= 11 is 0. The van der Waals surface area contributed by atoms with Crippen molar-refractivity contribution in [2.45, 2.75) is 46.9 Å². The van der Waals surface area contributed by atoms with Gasteiger partial charge in [-0.05, 0) is 76.5 Å².